The first kappa shape index (κ1) is 23.4. The van der Waals surface area contributed by atoms with Gasteiger partial charge in [0.1, 0.15) is 5.70 Å². The number of pyridine rings is 1. The first-order valence-electron chi connectivity index (χ1n) is 8.69. The molecule has 0 unspecified atom stereocenters. The van der Waals surface area contributed by atoms with Crippen LogP contribution in [-0.4, -0.2) is 56.6 Å². The summed E-state index contributed by atoms with van der Waals surface area (Å²) in [4.78, 5) is 52.9. The molecule has 0 bridgehead atoms. The number of carboxylic acid groups (broad SMARTS) is 2. The number of β-lactam (4-membered cyclic amide) rings is 1. The number of nitrogens with zero attached hydrogens (tertiary/aromatic N) is 2. The Bertz CT molecular complexity index is 862. The predicted molar refractivity (Wildman–Crippen MR) is 96.7 cm³/mol. The molecule has 1 fully saturated rings. The Morgan fingerprint density at radius 3 is 2.59 bits per heavy atom. The van der Waals surface area contributed by atoms with Gasteiger partial charge in [-0.15, -0.1) is 11.8 Å². The van der Waals surface area contributed by atoms with Crippen LogP contribution in [0.3, 0.4) is 0 Å². The van der Waals surface area contributed by atoms with Crippen molar-refractivity contribution in [1.29, 1.82) is 0 Å². The van der Waals surface area contributed by atoms with Gasteiger partial charge in [-0.3, -0.25) is 14.6 Å². The number of hydrogen-bond acceptors (Lipinski definition) is 7. The molecule has 2 aliphatic rings. The summed E-state index contributed by atoms with van der Waals surface area (Å²) in [6.07, 6.45) is 3.81. The Kier molecular flexibility index (Phi) is 7.87. The van der Waals surface area contributed by atoms with Gasteiger partial charge in [0.05, 0.1) is 24.0 Å². The topological polar surface area (TPSA) is 140 Å². The quantitative estimate of drug-likeness (QED) is 0.323. The molecule has 2 N–H and O–H groups in total. The molecule has 11 heteroatoms. The fraction of sp³-hybridized carbons (Fsp3) is 0.389. The van der Waals surface area contributed by atoms with E-state index >= 15 is 0 Å². The molecule has 1 aromatic heterocycles. The van der Waals surface area contributed by atoms with Gasteiger partial charge in [-0.2, -0.15) is 0 Å². The standard InChI is InChI=1S/C18H19N3O6S.Na/c1-2-10-12-7-13(14(18(26)27)21(12)16(10)23)28-8-11(17(24)25)20-15(22)9-3-5-19-6-4-9;/h3-6,10-12H,2,7-8H2,1H3,(H,20,22)(H,24,25)(H,26,27);/q;+1/p-1/t10-,11-,12-;/m1./s1. The zero-order chi connectivity index (χ0) is 20.4. The van der Waals surface area contributed by atoms with Crippen molar-refractivity contribution < 1.29 is 58.9 Å². The first-order chi connectivity index (χ1) is 13.3. The normalized spacial score (nSPS) is 21.0. The molecule has 3 rings (SSSR count). The molecule has 0 radical (unpaired) electrons. The van der Waals surface area contributed by atoms with E-state index in [2.05, 4.69) is 10.3 Å². The van der Waals surface area contributed by atoms with Gasteiger partial charge < -0.3 is 25.2 Å². The average molecular weight is 427 g/mol. The van der Waals surface area contributed by atoms with E-state index in [0.717, 1.165) is 11.8 Å². The molecule has 3 heterocycles. The van der Waals surface area contributed by atoms with Crippen LogP contribution in [0.15, 0.2) is 35.1 Å². The summed E-state index contributed by atoms with van der Waals surface area (Å²) in [6.45, 7) is 1.87. The Morgan fingerprint density at radius 1 is 1.38 bits per heavy atom. The van der Waals surface area contributed by atoms with Gasteiger partial charge in [-0.05, 0) is 18.6 Å². The molecule has 0 aliphatic carbocycles. The molecule has 2 aliphatic heterocycles. The summed E-state index contributed by atoms with van der Waals surface area (Å²) in [5.41, 5.74) is 0.153. The number of amides is 2. The Morgan fingerprint density at radius 2 is 2.03 bits per heavy atom. The fourth-order valence-electron chi connectivity index (χ4n) is 3.43. The third-order valence-corrected chi connectivity index (χ3v) is 6.06. The van der Waals surface area contributed by atoms with Crippen LogP contribution in [-0.2, 0) is 14.4 Å². The molecule has 9 nitrogen and oxygen atoms in total. The maximum atomic E-state index is 12.2. The Balaban J connectivity index is 0.00000300. The number of thioether (sulfide) groups is 1. The van der Waals surface area contributed by atoms with E-state index in [1.807, 2.05) is 6.92 Å². The summed E-state index contributed by atoms with van der Waals surface area (Å²) < 4.78 is 0. The van der Waals surface area contributed by atoms with Gasteiger partial charge >= 0.3 is 35.5 Å². The Hall–Kier alpha value is -1.88. The van der Waals surface area contributed by atoms with Crippen LogP contribution in [0.25, 0.3) is 0 Å². The fourth-order valence-corrected chi connectivity index (χ4v) is 4.63. The second-order valence-electron chi connectivity index (χ2n) is 6.46. The molecule has 3 atom stereocenters. The minimum atomic E-state index is -1.48. The van der Waals surface area contributed by atoms with E-state index in [9.17, 15) is 29.4 Å². The van der Waals surface area contributed by atoms with Crippen LogP contribution in [0, 0.1) is 5.92 Å². The third kappa shape index (κ3) is 4.66. The summed E-state index contributed by atoms with van der Waals surface area (Å²) >= 11 is 1.01. The summed E-state index contributed by atoms with van der Waals surface area (Å²) in [5.74, 6) is -3.84. The number of aliphatic carboxylic acids is 2. The summed E-state index contributed by atoms with van der Waals surface area (Å²) in [6, 6.07) is 1.37. The monoisotopic (exact) mass is 427 g/mol. The number of carbonyl (C=O) groups excluding carboxylic acids is 3. The molecule has 0 aromatic carbocycles. The molecule has 1 aromatic rings. The van der Waals surface area contributed by atoms with Crippen molar-refractivity contribution in [1.82, 2.24) is 15.2 Å². The second-order valence-corrected chi connectivity index (χ2v) is 7.58. The molecule has 0 spiro atoms. The summed E-state index contributed by atoms with van der Waals surface area (Å²) in [7, 11) is 0. The largest absolute Gasteiger partial charge is 1.00 e. The molecule has 29 heavy (non-hydrogen) atoms. The van der Waals surface area contributed by atoms with Crippen molar-refractivity contribution >= 4 is 35.5 Å². The van der Waals surface area contributed by atoms with Crippen molar-refractivity contribution in [3.8, 4) is 0 Å². The van der Waals surface area contributed by atoms with Crippen LogP contribution < -0.4 is 40.0 Å². The number of rotatable bonds is 8. The average Bonchev–Trinajstić information content (AvgIpc) is 3.01. The SMILES string of the molecule is CC[C@H]1C(=O)N2C(C(=O)O)=C(SC[C@@H](NC(=O)c3ccncc3)C(=O)[O-])C[C@H]12.[Na+]. The van der Waals surface area contributed by atoms with Gasteiger partial charge in [0, 0.05) is 35.0 Å². The summed E-state index contributed by atoms with van der Waals surface area (Å²) in [5, 5.41) is 23.3. The molecule has 2 amide bonds. The van der Waals surface area contributed by atoms with E-state index in [-0.39, 0.29) is 64.4 Å². The molecule has 148 valence electrons. The zero-order valence-electron chi connectivity index (χ0n) is 16.0. The number of nitrogens with one attached hydrogen (secondary N) is 1. The zero-order valence-corrected chi connectivity index (χ0v) is 18.8. The second kappa shape index (κ2) is 9.75. The van der Waals surface area contributed by atoms with Crippen LogP contribution in [0.4, 0.5) is 0 Å². The van der Waals surface area contributed by atoms with Gasteiger partial charge in [0.25, 0.3) is 5.91 Å². The maximum absolute atomic E-state index is 12.2. The van der Waals surface area contributed by atoms with Crippen LogP contribution >= 0.6 is 11.8 Å². The van der Waals surface area contributed by atoms with Crippen molar-refractivity contribution in [2.24, 2.45) is 5.92 Å². The van der Waals surface area contributed by atoms with Gasteiger partial charge in [0.2, 0.25) is 5.91 Å². The van der Waals surface area contributed by atoms with Crippen molar-refractivity contribution in [2.75, 3.05) is 5.75 Å². The van der Waals surface area contributed by atoms with E-state index in [4.69, 9.17) is 0 Å². The van der Waals surface area contributed by atoms with E-state index < -0.39 is 23.9 Å². The molecular weight excluding hydrogens is 409 g/mol. The predicted octanol–water partition coefficient (Wildman–Crippen LogP) is -3.40. The number of carbonyl (C=O) groups is 4. The molecule has 1 saturated heterocycles. The van der Waals surface area contributed by atoms with Crippen LogP contribution in [0.5, 0.6) is 0 Å². The minimum absolute atomic E-state index is 0. The number of aromatic nitrogens is 1. The van der Waals surface area contributed by atoms with Crippen molar-refractivity contribution in [2.45, 2.75) is 31.8 Å². The number of hydrogen-bond donors (Lipinski definition) is 2. The molecular formula is C18H18N3NaO6S. The van der Waals surface area contributed by atoms with E-state index in [1.165, 1.54) is 29.4 Å². The third-order valence-electron chi connectivity index (χ3n) is 4.85. The van der Waals surface area contributed by atoms with Gasteiger partial charge in [-0.1, -0.05) is 6.92 Å². The maximum Gasteiger partial charge on any atom is 1.00 e. The van der Waals surface area contributed by atoms with Crippen molar-refractivity contribution in [3.63, 3.8) is 0 Å². The number of carboxylic acids is 2. The first-order valence-corrected chi connectivity index (χ1v) is 9.67. The van der Waals surface area contributed by atoms with E-state index in [1.54, 1.807) is 0 Å². The van der Waals surface area contributed by atoms with Crippen LogP contribution in [0.1, 0.15) is 30.1 Å². The van der Waals surface area contributed by atoms with Gasteiger partial charge in [0.15, 0.2) is 0 Å². The van der Waals surface area contributed by atoms with Crippen LogP contribution in [0.2, 0.25) is 0 Å². The van der Waals surface area contributed by atoms with E-state index in [0.29, 0.717) is 17.7 Å². The van der Waals surface area contributed by atoms with Gasteiger partial charge in [-0.25, -0.2) is 4.79 Å². The smallest absolute Gasteiger partial charge is 0.548 e. The molecule has 0 saturated carbocycles. The Labute approximate surface area is 193 Å². The minimum Gasteiger partial charge on any atom is -0.548 e. The number of fused-ring (bicyclic) bond motifs is 1. The van der Waals surface area contributed by atoms with Crippen molar-refractivity contribution in [3.05, 3.63) is 40.7 Å².